The molecular weight excluding hydrogens is 322 g/mol. The van der Waals surface area contributed by atoms with Crippen LogP contribution in [0.3, 0.4) is 0 Å². The minimum atomic E-state index is -2.65. The summed E-state index contributed by atoms with van der Waals surface area (Å²) < 4.78 is 31.8. The van der Waals surface area contributed by atoms with E-state index >= 15 is 0 Å². The predicted octanol–water partition coefficient (Wildman–Crippen LogP) is 1.52. The van der Waals surface area contributed by atoms with E-state index in [2.05, 4.69) is 5.32 Å². The van der Waals surface area contributed by atoms with E-state index < -0.39 is 28.4 Å². The summed E-state index contributed by atoms with van der Waals surface area (Å²) in [4.78, 5) is 23.6. The van der Waals surface area contributed by atoms with Crippen molar-refractivity contribution in [3.8, 4) is 5.75 Å². The Morgan fingerprint density at radius 1 is 1.17 bits per heavy atom. The van der Waals surface area contributed by atoms with Crippen LogP contribution < -0.4 is 10.1 Å². The smallest absolute Gasteiger partial charge is 0.408 e. The van der Waals surface area contributed by atoms with Crippen LogP contribution in [0.25, 0.3) is 0 Å². The molecule has 0 bridgehead atoms. The molecule has 0 aliphatic heterocycles. The molecule has 0 radical (unpaired) electrons. The molecule has 0 aliphatic carbocycles. The molecular formula is C15H21NO6S. The topological polar surface area (TPSA) is 98.8 Å². The van der Waals surface area contributed by atoms with Gasteiger partial charge in [-0.2, -0.15) is 0 Å². The molecule has 0 saturated carbocycles. The molecule has 0 spiro atoms. The van der Waals surface area contributed by atoms with Gasteiger partial charge in [0.1, 0.15) is 18.0 Å². The summed E-state index contributed by atoms with van der Waals surface area (Å²) in [6.07, 6.45) is -0.679. The van der Waals surface area contributed by atoms with Gasteiger partial charge in [-0.05, 0) is 52.0 Å². The van der Waals surface area contributed by atoms with Gasteiger partial charge in [-0.3, -0.25) is 4.79 Å². The van der Waals surface area contributed by atoms with Gasteiger partial charge in [0.05, 0.1) is 10.9 Å². The molecule has 1 aromatic carbocycles. The average molecular weight is 343 g/mol. The average Bonchev–Trinajstić information content (AvgIpc) is 2.42. The minimum absolute atomic E-state index is 0.165. The van der Waals surface area contributed by atoms with Gasteiger partial charge in [-0.1, -0.05) is 0 Å². The van der Waals surface area contributed by atoms with Crippen LogP contribution in [-0.4, -0.2) is 38.5 Å². The number of ether oxygens (including phenoxy) is 2. The lowest BCUT2D eigenvalue weighted by Gasteiger charge is -2.21. The maximum absolute atomic E-state index is 11.9. The molecule has 1 atom stereocenters. The predicted molar refractivity (Wildman–Crippen MR) is 84.4 cm³/mol. The quantitative estimate of drug-likeness (QED) is 0.760. The number of carbonyl (C=O) groups excluding carboxylic acids is 2. The van der Waals surface area contributed by atoms with Gasteiger partial charge >= 0.3 is 6.09 Å². The van der Waals surface area contributed by atoms with Crippen LogP contribution in [0.4, 0.5) is 4.79 Å². The summed E-state index contributed by atoms with van der Waals surface area (Å²) in [5.74, 6) is 0.0262. The number of hydrogen-bond donors (Lipinski definition) is 2. The molecule has 0 unspecified atom stereocenters. The molecule has 1 N–H and O–H groups in total. The van der Waals surface area contributed by atoms with Crippen molar-refractivity contribution >= 4 is 22.6 Å². The van der Waals surface area contributed by atoms with Crippen LogP contribution in [0.5, 0.6) is 5.75 Å². The molecule has 1 rings (SSSR count). The van der Waals surface area contributed by atoms with E-state index in [9.17, 15) is 18.0 Å². The van der Waals surface area contributed by atoms with Crippen molar-refractivity contribution in [1.82, 2.24) is 5.32 Å². The summed E-state index contributed by atoms with van der Waals surface area (Å²) >= 11 is 0. The fourth-order valence-corrected chi connectivity index (χ4v) is 1.90. The highest BCUT2D eigenvalue weighted by Crippen LogP contribution is 2.13. The number of carbonyl (C=O) groups is 2. The van der Waals surface area contributed by atoms with Gasteiger partial charge < -0.3 is 14.8 Å². The van der Waals surface area contributed by atoms with E-state index in [4.69, 9.17) is 9.47 Å². The van der Waals surface area contributed by atoms with Crippen LogP contribution in [-0.2, 0) is 20.2 Å². The molecule has 7 nitrogen and oxygen atoms in total. The Bertz CT molecular complexity index is 622. The second kappa shape index (κ2) is 7.96. The van der Waals surface area contributed by atoms with Gasteiger partial charge in [0.15, 0.2) is 16.5 Å². The van der Waals surface area contributed by atoms with Gasteiger partial charge in [-0.25, -0.2) is 13.2 Å². The first kappa shape index (κ1) is 19.0. The normalized spacial score (nSPS) is 12.6. The van der Waals surface area contributed by atoms with Crippen LogP contribution in [0.15, 0.2) is 29.2 Å². The fourth-order valence-electron chi connectivity index (χ4n) is 1.51. The van der Waals surface area contributed by atoms with E-state index in [1.165, 1.54) is 31.2 Å². The maximum atomic E-state index is 11.9. The van der Waals surface area contributed by atoms with Crippen molar-refractivity contribution in [3.05, 3.63) is 24.3 Å². The van der Waals surface area contributed by atoms with Crippen molar-refractivity contribution < 1.29 is 27.5 Å². The summed E-state index contributed by atoms with van der Waals surface area (Å²) in [6, 6.07) is 4.92. The van der Waals surface area contributed by atoms with Gasteiger partial charge in [0.2, 0.25) is 0 Å². The van der Waals surface area contributed by atoms with Crippen molar-refractivity contribution in [1.29, 1.82) is 0 Å². The Kier molecular flexibility index (Phi) is 6.56. The summed E-state index contributed by atoms with van der Waals surface area (Å²) in [6.45, 7) is 6.45. The van der Waals surface area contributed by atoms with Crippen molar-refractivity contribution in [3.63, 3.8) is 0 Å². The monoisotopic (exact) mass is 343 g/mol. The van der Waals surface area contributed by atoms with Crippen LogP contribution in [0.2, 0.25) is 0 Å². The molecule has 0 aliphatic rings. The third-order valence-corrected chi connectivity index (χ3v) is 3.36. The standard InChI is InChI=1S/C15H21NO6S/c1-10(16-14(18)22-15(2,3)4)13(17)9-21-11-5-7-12(8-6-11)23(19)20/h5-8,10,23H,9H2,1-4H3,(H,16,18)/t10-/m0/s1. The van der Waals surface area contributed by atoms with Gasteiger partial charge in [0, 0.05) is 0 Å². The molecule has 23 heavy (non-hydrogen) atoms. The molecule has 0 saturated heterocycles. The van der Waals surface area contributed by atoms with E-state index in [1.807, 2.05) is 0 Å². The first-order valence-electron chi connectivity index (χ1n) is 6.98. The van der Waals surface area contributed by atoms with E-state index in [-0.39, 0.29) is 17.3 Å². The fraction of sp³-hybridized carbons (Fsp3) is 0.467. The first-order chi connectivity index (χ1) is 10.6. The zero-order valence-corrected chi connectivity index (χ0v) is 14.4. The summed E-state index contributed by atoms with van der Waals surface area (Å²) in [5, 5.41) is 2.43. The largest absolute Gasteiger partial charge is 0.486 e. The molecule has 1 amide bonds. The lowest BCUT2D eigenvalue weighted by atomic mass is 10.2. The third kappa shape index (κ3) is 7.14. The lowest BCUT2D eigenvalue weighted by molar-refractivity contribution is -0.122. The number of hydrogen-bond acceptors (Lipinski definition) is 6. The van der Waals surface area contributed by atoms with Crippen molar-refractivity contribution in [2.45, 2.75) is 44.2 Å². The van der Waals surface area contributed by atoms with Crippen LogP contribution in [0, 0.1) is 0 Å². The van der Waals surface area contributed by atoms with E-state index in [1.54, 1.807) is 20.8 Å². The molecule has 8 heteroatoms. The number of amides is 1. The number of nitrogens with one attached hydrogen (secondary N) is 1. The second-order valence-electron chi connectivity index (χ2n) is 5.87. The molecule has 1 aromatic rings. The molecule has 0 heterocycles. The van der Waals surface area contributed by atoms with Gasteiger partial charge in [0.25, 0.3) is 0 Å². The second-order valence-corrected chi connectivity index (χ2v) is 6.90. The first-order valence-corrected chi connectivity index (χ1v) is 8.16. The summed E-state index contributed by atoms with van der Waals surface area (Å²) in [7, 11) is -2.65. The Labute approximate surface area is 136 Å². The Morgan fingerprint density at radius 3 is 2.22 bits per heavy atom. The molecule has 128 valence electrons. The zero-order valence-electron chi connectivity index (χ0n) is 13.5. The highest BCUT2D eigenvalue weighted by atomic mass is 32.2. The van der Waals surface area contributed by atoms with E-state index in [0.29, 0.717) is 5.75 Å². The van der Waals surface area contributed by atoms with Crippen molar-refractivity contribution in [2.24, 2.45) is 0 Å². The zero-order chi connectivity index (χ0) is 17.6. The number of rotatable bonds is 6. The van der Waals surface area contributed by atoms with Crippen LogP contribution in [0.1, 0.15) is 27.7 Å². The molecule has 0 aromatic heterocycles. The highest BCUT2D eigenvalue weighted by Gasteiger charge is 2.21. The van der Waals surface area contributed by atoms with E-state index in [0.717, 1.165) is 0 Å². The number of benzene rings is 1. The van der Waals surface area contributed by atoms with Crippen LogP contribution >= 0.6 is 0 Å². The third-order valence-electron chi connectivity index (χ3n) is 2.64. The Balaban J connectivity index is 2.47. The lowest BCUT2D eigenvalue weighted by Crippen LogP contribution is -2.43. The molecule has 0 fully saturated rings. The number of Topliss-reactive ketones (excluding diaryl/α,β-unsaturated/α-hetero) is 1. The highest BCUT2D eigenvalue weighted by molar-refractivity contribution is 7.72. The number of thiol groups is 1. The Morgan fingerprint density at radius 2 is 1.74 bits per heavy atom. The minimum Gasteiger partial charge on any atom is -0.486 e. The SMILES string of the molecule is C[C@H](NC(=O)OC(C)(C)C)C(=O)COc1ccc([SH](=O)=O)cc1. The number of alkyl carbamates (subject to hydrolysis) is 1. The van der Waals surface area contributed by atoms with Crippen molar-refractivity contribution in [2.75, 3.05) is 6.61 Å². The summed E-state index contributed by atoms with van der Waals surface area (Å²) in [5.41, 5.74) is -0.645. The maximum Gasteiger partial charge on any atom is 0.408 e. The Hall–Kier alpha value is -2.09. The number of ketones is 1. The van der Waals surface area contributed by atoms with Gasteiger partial charge in [-0.15, -0.1) is 0 Å².